The van der Waals surface area contributed by atoms with Gasteiger partial charge in [0, 0.05) is 5.56 Å². The summed E-state index contributed by atoms with van der Waals surface area (Å²) >= 11 is 0. The number of hydrogen-bond acceptors (Lipinski definition) is 2. The van der Waals surface area contributed by atoms with Gasteiger partial charge in [0.15, 0.2) is 17.4 Å². The second-order valence-electron chi connectivity index (χ2n) is 2.20. The summed E-state index contributed by atoms with van der Waals surface area (Å²) in [5.41, 5.74) is 4.88. The van der Waals surface area contributed by atoms with Crippen LogP contribution >= 0.6 is 0 Å². The zero-order chi connectivity index (χ0) is 9.30. The summed E-state index contributed by atoms with van der Waals surface area (Å²) < 4.78 is 25.1. The number of aromatic hydroxyl groups is 1. The van der Waals surface area contributed by atoms with Gasteiger partial charge in [0.1, 0.15) is 5.84 Å². The number of hydrogen-bond donors (Lipinski definition) is 3. The number of nitrogens with two attached hydrogens (primary N) is 1. The number of rotatable bonds is 1. The fraction of sp³-hybridized carbons (Fsp3) is 0. The van der Waals surface area contributed by atoms with Gasteiger partial charge in [-0.15, -0.1) is 0 Å². The van der Waals surface area contributed by atoms with E-state index in [-0.39, 0.29) is 5.56 Å². The molecule has 0 atom stereocenters. The highest BCUT2D eigenvalue weighted by molar-refractivity contribution is 5.95. The molecule has 0 bridgehead atoms. The Labute approximate surface area is 66.9 Å². The molecule has 0 aliphatic carbocycles. The van der Waals surface area contributed by atoms with Crippen LogP contribution < -0.4 is 5.73 Å². The van der Waals surface area contributed by atoms with E-state index in [1.165, 1.54) is 0 Å². The number of nitrogens with one attached hydrogen (secondary N) is 1. The van der Waals surface area contributed by atoms with Crippen molar-refractivity contribution in [1.82, 2.24) is 0 Å². The first kappa shape index (κ1) is 8.45. The summed E-state index contributed by atoms with van der Waals surface area (Å²) in [5.74, 6) is -3.76. The first-order valence-corrected chi connectivity index (χ1v) is 3.04. The van der Waals surface area contributed by atoms with Crippen LogP contribution in [0.25, 0.3) is 0 Å². The number of phenolic OH excluding ortho intramolecular Hbond substituents is 1. The van der Waals surface area contributed by atoms with E-state index in [2.05, 4.69) is 0 Å². The van der Waals surface area contributed by atoms with Crippen molar-refractivity contribution in [3.8, 4) is 5.75 Å². The molecule has 0 heterocycles. The van der Waals surface area contributed by atoms with Gasteiger partial charge in [-0.25, -0.2) is 8.78 Å². The molecular weight excluding hydrogens is 166 g/mol. The Hall–Kier alpha value is -1.65. The lowest BCUT2D eigenvalue weighted by molar-refractivity contribution is 0.396. The van der Waals surface area contributed by atoms with Crippen molar-refractivity contribution in [2.45, 2.75) is 0 Å². The van der Waals surface area contributed by atoms with Crippen molar-refractivity contribution in [2.24, 2.45) is 5.73 Å². The molecule has 1 rings (SSSR count). The number of phenols is 1. The number of benzene rings is 1. The fourth-order valence-corrected chi connectivity index (χ4v) is 0.721. The second kappa shape index (κ2) is 2.77. The summed E-state index contributed by atoms with van der Waals surface area (Å²) in [6, 6.07) is 1.58. The molecule has 0 aliphatic heterocycles. The molecule has 1 aromatic carbocycles. The van der Waals surface area contributed by atoms with Crippen LogP contribution in [0, 0.1) is 17.0 Å². The molecule has 1 aromatic rings. The van der Waals surface area contributed by atoms with Crippen LogP contribution in [0.3, 0.4) is 0 Å². The Bertz CT molecular complexity index is 315. The zero-order valence-corrected chi connectivity index (χ0v) is 5.94. The van der Waals surface area contributed by atoms with Gasteiger partial charge in [-0.05, 0) is 12.1 Å². The minimum atomic E-state index is -1.12. The Balaban J connectivity index is 3.31. The molecule has 12 heavy (non-hydrogen) atoms. The van der Waals surface area contributed by atoms with E-state index < -0.39 is 23.2 Å². The Morgan fingerprint density at radius 2 is 1.75 bits per heavy atom. The largest absolute Gasteiger partial charge is 0.503 e. The minimum absolute atomic E-state index is 0.0946. The van der Waals surface area contributed by atoms with Crippen molar-refractivity contribution in [2.75, 3.05) is 0 Å². The fourth-order valence-electron chi connectivity index (χ4n) is 0.721. The predicted octanol–water partition coefficient (Wildman–Crippen LogP) is 0.954. The molecule has 3 nitrogen and oxygen atoms in total. The molecule has 0 radical (unpaired) electrons. The third kappa shape index (κ3) is 1.34. The standard InChI is InChI=1S/C7H6F2N2O/c8-4-1-3(7(10)11)2-5(9)6(4)12/h1-2,12H,(H3,10,11). The van der Waals surface area contributed by atoms with Crippen molar-refractivity contribution in [1.29, 1.82) is 5.41 Å². The Kier molecular flexibility index (Phi) is 1.95. The zero-order valence-electron chi connectivity index (χ0n) is 5.94. The maximum absolute atomic E-state index is 12.6. The van der Waals surface area contributed by atoms with E-state index in [0.717, 1.165) is 12.1 Å². The molecule has 0 fully saturated rings. The Morgan fingerprint density at radius 1 is 1.33 bits per heavy atom. The lowest BCUT2D eigenvalue weighted by Crippen LogP contribution is -2.11. The second-order valence-corrected chi connectivity index (χ2v) is 2.20. The average Bonchev–Trinajstić information content (AvgIpc) is 1.99. The summed E-state index contributed by atoms with van der Waals surface area (Å²) in [5, 5.41) is 15.5. The maximum Gasteiger partial charge on any atom is 0.187 e. The predicted molar refractivity (Wildman–Crippen MR) is 39.0 cm³/mol. The molecular formula is C7H6F2N2O. The van der Waals surface area contributed by atoms with E-state index in [4.69, 9.17) is 16.2 Å². The molecule has 0 amide bonds. The van der Waals surface area contributed by atoms with Crippen molar-refractivity contribution in [3.05, 3.63) is 29.3 Å². The van der Waals surface area contributed by atoms with E-state index >= 15 is 0 Å². The van der Waals surface area contributed by atoms with Crippen LogP contribution in [-0.4, -0.2) is 10.9 Å². The topological polar surface area (TPSA) is 70.1 Å². The highest BCUT2D eigenvalue weighted by atomic mass is 19.1. The molecule has 0 saturated heterocycles. The molecule has 0 spiro atoms. The number of amidine groups is 1. The highest BCUT2D eigenvalue weighted by Gasteiger charge is 2.10. The summed E-state index contributed by atoms with van der Waals surface area (Å²) in [6.45, 7) is 0. The Morgan fingerprint density at radius 3 is 2.08 bits per heavy atom. The van der Waals surface area contributed by atoms with E-state index in [9.17, 15) is 8.78 Å². The number of nitrogen functional groups attached to an aromatic ring is 1. The molecule has 0 unspecified atom stereocenters. The summed E-state index contributed by atoms with van der Waals surface area (Å²) in [4.78, 5) is 0. The van der Waals surface area contributed by atoms with Crippen LogP contribution in [0.5, 0.6) is 5.75 Å². The smallest absolute Gasteiger partial charge is 0.187 e. The number of halogens is 2. The van der Waals surface area contributed by atoms with Crippen LogP contribution in [0.2, 0.25) is 0 Å². The maximum atomic E-state index is 12.6. The molecule has 0 aliphatic rings. The van der Waals surface area contributed by atoms with Crippen molar-refractivity contribution in [3.63, 3.8) is 0 Å². The molecule has 64 valence electrons. The molecule has 0 saturated carbocycles. The highest BCUT2D eigenvalue weighted by Crippen LogP contribution is 2.20. The summed E-state index contributed by atoms with van der Waals surface area (Å²) in [6.07, 6.45) is 0. The van der Waals surface area contributed by atoms with Crippen LogP contribution in [0.4, 0.5) is 8.78 Å². The van der Waals surface area contributed by atoms with Gasteiger partial charge in [0.2, 0.25) is 0 Å². The monoisotopic (exact) mass is 172 g/mol. The van der Waals surface area contributed by atoms with Gasteiger partial charge in [-0.1, -0.05) is 0 Å². The van der Waals surface area contributed by atoms with Gasteiger partial charge in [-0.3, -0.25) is 5.41 Å². The molecule has 5 heteroatoms. The normalized spacial score (nSPS) is 9.83. The quantitative estimate of drug-likeness (QED) is 0.436. The van der Waals surface area contributed by atoms with Crippen LogP contribution in [-0.2, 0) is 0 Å². The summed E-state index contributed by atoms with van der Waals surface area (Å²) in [7, 11) is 0. The van der Waals surface area contributed by atoms with Gasteiger partial charge in [0.05, 0.1) is 0 Å². The lowest BCUT2D eigenvalue weighted by atomic mass is 10.2. The van der Waals surface area contributed by atoms with Gasteiger partial charge < -0.3 is 10.8 Å². The average molecular weight is 172 g/mol. The van der Waals surface area contributed by atoms with Crippen LogP contribution in [0.15, 0.2) is 12.1 Å². The van der Waals surface area contributed by atoms with Crippen molar-refractivity contribution < 1.29 is 13.9 Å². The molecule has 0 aromatic heterocycles. The van der Waals surface area contributed by atoms with Gasteiger partial charge >= 0.3 is 0 Å². The van der Waals surface area contributed by atoms with Gasteiger partial charge in [0.25, 0.3) is 0 Å². The third-order valence-electron chi connectivity index (χ3n) is 1.33. The van der Waals surface area contributed by atoms with E-state index in [1.807, 2.05) is 0 Å². The first-order chi connectivity index (χ1) is 5.52. The van der Waals surface area contributed by atoms with Crippen molar-refractivity contribution >= 4 is 5.84 Å². The van der Waals surface area contributed by atoms with Gasteiger partial charge in [-0.2, -0.15) is 0 Å². The van der Waals surface area contributed by atoms with E-state index in [0.29, 0.717) is 0 Å². The minimum Gasteiger partial charge on any atom is -0.503 e. The lowest BCUT2D eigenvalue weighted by Gasteiger charge is -2.00. The SMILES string of the molecule is N=C(N)c1cc(F)c(O)c(F)c1. The third-order valence-corrected chi connectivity index (χ3v) is 1.33. The van der Waals surface area contributed by atoms with E-state index in [1.54, 1.807) is 0 Å². The first-order valence-electron chi connectivity index (χ1n) is 3.04. The molecule has 4 N–H and O–H groups in total. The van der Waals surface area contributed by atoms with Crippen LogP contribution in [0.1, 0.15) is 5.56 Å².